The van der Waals surface area contributed by atoms with Gasteiger partial charge in [0.05, 0.1) is 5.60 Å². The van der Waals surface area contributed by atoms with Crippen LogP contribution in [0.2, 0.25) is 0 Å². The number of aryl methyl sites for hydroxylation is 1. The summed E-state index contributed by atoms with van der Waals surface area (Å²) in [5.74, 6) is 0.271. The van der Waals surface area contributed by atoms with Crippen molar-refractivity contribution >= 4 is 0 Å². The van der Waals surface area contributed by atoms with Gasteiger partial charge in [0.1, 0.15) is 0 Å². The highest BCUT2D eigenvalue weighted by molar-refractivity contribution is 5.27. The predicted octanol–water partition coefficient (Wildman–Crippen LogP) is 4.07. The fraction of sp³-hybridized carbons (Fsp3) is 0.625. The van der Waals surface area contributed by atoms with E-state index in [2.05, 4.69) is 58.9 Å². The van der Waals surface area contributed by atoms with Crippen molar-refractivity contribution < 1.29 is 5.11 Å². The maximum atomic E-state index is 10.4. The molecule has 0 unspecified atom stereocenters. The molecule has 1 aromatic carbocycles. The van der Waals surface area contributed by atoms with E-state index in [-0.39, 0.29) is 11.3 Å². The summed E-state index contributed by atoms with van der Waals surface area (Å²) in [6.45, 7) is 12.6. The predicted molar refractivity (Wildman–Crippen MR) is 74.3 cm³/mol. The van der Waals surface area contributed by atoms with E-state index in [1.165, 1.54) is 11.1 Å². The lowest BCUT2D eigenvalue weighted by atomic mass is 9.72. The minimum Gasteiger partial charge on any atom is -0.390 e. The highest BCUT2D eigenvalue weighted by Gasteiger charge is 2.33. The molecule has 0 radical (unpaired) electrons. The van der Waals surface area contributed by atoms with Gasteiger partial charge in [-0.15, -0.1) is 0 Å². The van der Waals surface area contributed by atoms with E-state index in [0.717, 1.165) is 6.42 Å². The van der Waals surface area contributed by atoms with Gasteiger partial charge in [0, 0.05) is 0 Å². The first-order valence-corrected chi connectivity index (χ1v) is 6.45. The number of rotatable bonds is 4. The highest BCUT2D eigenvalue weighted by Crippen LogP contribution is 2.35. The molecule has 0 amide bonds. The number of benzene rings is 1. The zero-order chi connectivity index (χ0) is 13.3. The molecule has 0 spiro atoms. The Balaban J connectivity index is 2.92. The molecule has 0 aliphatic rings. The van der Waals surface area contributed by atoms with E-state index in [4.69, 9.17) is 0 Å². The van der Waals surface area contributed by atoms with Gasteiger partial charge in [0.2, 0.25) is 0 Å². The van der Waals surface area contributed by atoms with Crippen molar-refractivity contribution in [1.82, 2.24) is 0 Å². The van der Waals surface area contributed by atoms with Crippen LogP contribution in [0.25, 0.3) is 0 Å². The van der Waals surface area contributed by atoms with Gasteiger partial charge in [-0.25, -0.2) is 0 Å². The topological polar surface area (TPSA) is 20.2 Å². The molecule has 0 saturated carbocycles. The van der Waals surface area contributed by atoms with Gasteiger partial charge in [-0.2, -0.15) is 0 Å². The van der Waals surface area contributed by atoms with Crippen LogP contribution in [0.4, 0.5) is 0 Å². The summed E-state index contributed by atoms with van der Waals surface area (Å²) in [5, 5.41) is 10.4. The molecule has 0 aliphatic carbocycles. The summed E-state index contributed by atoms with van der Waals surface area (Å²) in [4.78, 5) is 0. The first-order valence-electron chi connectivity index (χ1n) is 6.45. The van der Waals surface area contributed by atoms with Gasteiger partial charge < -0.3 is 5.11 Å². The van der Waals surface area contributed by atoms with Crippen LogP contribution in [-0.2, 0) is 5.41 Å². The van der Waals surface area contributed by atoms with Gasteiger partial charge in [0.25, 0.3) is 0 Å². The van der Waals surface area contributed by atoms with Crippen LogP contribution >= 0.6 is 0 Å². The third-order valence-electron chi connectivity index (χ3n) is 3.88. The molecule has 1 aromatic rings. The quantitative estimate of drug-likeness (QED) is 0.832. The Labute approximate surface area is 106 Å². The summed E-state index contributed by atoms with van der Waals surface area (Å²) >= 11 is 0. The molecule has 1 atom stereocenters. The lowest BCUT2D eigenvalue weighted by Crippen LogP contribution is -2.38. The molecule has 96 valence electrons. The Morgan fingerprint density at radius 3 is 1.94 bits per heavy atom. The number of hydrogen-bond acceptors (Lipinski definition) is 1. The van der Waals surface area contributed by atoms with Crippen LogP contribution in [0.1, 0.15) is 52.2 Å². The molecule has 0 saturated heterocycles. The lowest BCUT2D eigenvalue weighted by molar-refractivity contribution is -0.0113. The molecule has 1 nitrogen and oxygen atoms in total. The number of hydrogen-bond donors (Lipinski definition) is 1. The second-order valence-corrected chi connectivity index (χ2v) is 6.44. The van der Waals surface area contributed by atoms with Gasteiger partial charge >= 0.3 is 0 Å². The van der Waals surface area contributed by atoms with Crippen molar-refractivity contribution in [3.05, 3.63) is 35.4 Å². The van der Waals surface area contributed by atoms with E-state index < -0.39 is 5.60 Å². The van der Waals surface area contributed by atoms with Gasteiger partial charge in [0.15, 0.2) is 0 Å². The Morgan fingerprint density at radius 1 is 1.06 bits per heavy atom. The monoisotopic (exact) mass is 234 g/mol. The van der Waals surface area contributed by atoms with Crippen molar-refractivity contribution in [3.63, 3.8) is 0 Å². The maximum Gasteiger partial charge on any atom is 0.0650 e. The summed E-state index contributed by atoms with van der Waals surface area (Å²) in [6.07, 6.45) is 0.778. The maximum absolute atomic E-state index is 10.4. The third kappa shape index (κ3) is 3.57. The van der Waals surface area contributed by atoms with E-state index in [1.54, 1.807) is 0 Å². The van der Waals surface area contributed by atoms with Crippen LogP contribution < -0.4 is 0 Å². The molecule has 1 N–H and O–H groups in total. The minimum atomic E-state index is -0.617. The van der Waals surface area contributed by atoms with Gasteiger partial charge in [-0.1, -0.05) is 57.5 Å². The second kappa shape index (κ2) is 4.81. The molecule has 17 heavy (non-hydrogen) atoms. The summed E-state index contributed by atoms with van der Waals surface area (Å²) in [7, 11) is 0. The molecule has 0 aromatic heterocycles. The summed E-state index contributed by atoms with van der Waals surface area (Å²) in [6, 6.07) is 8.62. The fourth-order valence-electron chi connectivity index (χ4n) is 2.21. The lowest BCUT2D eigenvalue weighted by Gasteiger charge is -2.37. The van der Waals surface area contributed by atoms with Gasteiger partial charge in [-0.05, 0) is 37.2 Å². The number of aliphatic hydroxyl groups is 1. The molecular weight excluding hydrogens is 208 g/mol. The molecule has 0 heterocycles. The van der Waals surface area contributed by atoms with E-state index in [0.29, 0.717) is 0 Å². The van der Waals surface area contributed by atoms with E-state index in [9.17, 15) is 5.11 Å². The van der Waals surface area contributed by atoms with Crippen molar-refractivity contribution in [2.45, 2.75) is 59.0 Å². The van der Waals surface area contributed by atoms with E-state index >= 15 is 0 Å². The molecule has 0 aliphatic heterocycles. The van der Waals surface area contributed by atoms with Crippen molar-refractivity contribution in [1.29, 1.82) is 0 Å². The normalized spacial score (nSPS) is 16.0. The fourth-order valence-corrected chi connectivity index (χ4v) is 2.21. The molecule has 0 bridgehead atoms. The van der Waals surface area contributed by atoms with Crippen molar-refractivity contribution in [3.8, 4) is 0 Å². The standard InChI is InChI=1S/C16H26O/c1-12(2)16(6,17)11-15(4,5)14-9-7-13(3)8-10-14/h7-10,12,17H,11H2,1-6H3/t16-/m1/s1. The highest BCUT2D eigenvalue weighted by atomic mass is 16.3. The Bertz CT molecular complexity index is 358. The van der Waals surface area contributed by atoms with Crippen LogP contribution in [0, 0.1) is 12.8 Å². The first-order chi connectivity index (χ1) is 7.65. The summed E-state index contributed by atoms with van der Waals surface area (Å²) < 4.78 is 0. The SMILES string of the molecule is Cc1ccc(C(C)(C)C[C@@](C)(O)C(C)C)cc1. The van der Waals surface area contributed by atoms with E-state index in [1.807, 2.05) is 6.92 Å². The van der Waals surface area contributed by atoms with Gasteiger partial charge in [-0.3, -0.25) is 0 Å². The Kier molecular flexibility index (Phi) is 4.03. The summed E-state index contributed by atoms with van der Waals surface area (Å²) in [5.41, 5.74) is 1.96. The third-order valence-corrected chi connectivity index (χ3v) is 3.88. The molecule has 0 fully saturated rings. The average Bonchev–Trinajstić information content (AvgIpc) is 2.16. The average molecular weight is 234 g/mol. The Hall–Kier alpha value is -0.820. The van der Waals surface area contributed by atoms with Crippen LogP contribution in [0.5, 0.6) is 0 Å². The largest absolute Gasteiger partial charge is 0.390 e. The van der Waals surface area contributed by atoms with Crippen molar-refractivity contribution in [2.24, 2.45) is 5.92 Å². The van der Waals surface area contributed by atoms with Crippen LogP contribution in [-0.4, -0.2) is 10.7 Å². The smallest absolute Gasteiger partial charge is 0.0650 e. The van der Waals surface area contributed by atoms with Crippen LogP contribution in [0.15, 0.2) is 24.3 Å². The zero-order valence-electron chi connectivity index (χ0n) is 12.0. The zero-order valence-corrected chi connectivity index (χ0v) is 12.0. The molecule has 1 heteroatoms. The minimum absolute atomic E-state index is 0.00146. The molecule has 1 rings (SSSR count). The van der Waals surface area contributed by atoms with Crippen molar-refractivity contribution in [2.75, 3.05) is 0 Å². The molecular formula is C16H26O. The van der Waals surface area contributed by atoms with Crippen LogP contribution in [0.3, 0.4) is 0 Å². The Morgan fingerprint density at radius 2 is 1.53 bits per heavy atom. The second-order valence-electron chi connectivity index (χ2n) is 6.44. The first kappa shape index (κ1) is 14.2.